The standard InChI is InChI=1S/C13H11N2O2P/c14-18(16)17-13-7-3-6-12-10(13)8-9-4-1-2-5-11(9)15-12/h1-8,16H,14H2. The van der Waals surface area contributed by atoms with Gasteiger partial charge >= 0.3 is 8.53 Å². The summed E-state index contributed by atoms with van der Waals surface area (Å²) in [6, 6.07) is 15.4. The second-order valence-electron chi connectivity index (χ2n) is 3.90. The zero-order valence-corrected chi connectivity index (χ0v) is 10.3. The maximum atomic E-state index is 9.18. The number of benzene rings is 2. The molecule has 0 aliphatic rings. The van der Waals surface area contributed by atoms with Crippen LogP contribution in [-0.4, -0.2) is 9.88 Å². The van der Waals surface area contributed by atoms with Crippen molar-refractivity contribution < 1.29 is 9.42 Å². The van der Waals surface area contributed by atoms with E-state index in [9.17, 15) is 4.89 Å². The molecule has 1 unspecified atom stereocenters. The molecule has 90 valence electrons. The van der Waals surface area contributed by atoms with E-state index in [1.54, 1.807) is 6.07 Å². The molecule has 0 aliphatic heterocycles. The third-order valence-corrected chi connectivity index (χ3v) is 3.10. The minimum atomic E-state index is -1.92. The highest BCUT2D eigenvalue weighted by Gasteiger charge is 2.07. The molecule has 5 heteroatoms. The first-order chi connectivity index (χ1) is 8.74. The number of para-hydroxylation sites is 1. The van der Waals surface area contributed by atoms with Crippen molar-refractivity contribution in [3.8, 4) is 5.75 Å². The van der Waals surface area contributed by atoms with Crippen molar-refractivity contribution in [1.82, 2.24) is 4.98 Å². The quantitative estimate of drug-likeness (QED) is 0.547. The van der Waals surface area contributed by atoms with Crippen LogP contribution < -0.4 is 10.0 Å². The number of fused-ring (bicyclic) bond motifs is 2. The summed E-state index contributed by atoms with van der Waals surface area (Å²) in [5.41, 5.74) is 7.06. The number of rotatable bonds is 2. The van der Waals surface area contributed by atoms with Gasteiger partial charge in [-0.05, 0) is 24.3 Å². The number of nitrogens with zero attached hydrogens (tertiary/aromatic N) is 1. The summed E-state index contributed by atoms with van der Waals surface area (Å²) in [4.78, 5) is 13.7. The number of hydrogen-bond donors (Lipinski definition) is 2. The van der Waals surface area contributed by atoms with Crippen LogP contribution in [0.3, 0.4) is 0 Å². The second-order valence-corrected chi connectivity index (χ2v) is 4.69. The van der Waals surface area contributed by atoms with E-state index in [-0.39, 0.29) is 0 Å². The van der Waals surface area contributed by atoms with E-state index in [4.69, 9.17) is 10.0 Å². The maximum Gasteiger partial charge on any atom is 0.312 e. The fraction of sp³-hybridized carbons (Fsp3) is 0. The molecular formula is C13H11N2O2P. The molecule has 3 N–H and O–H groups in total. The summed E-state index contributed by atoms with van der Waals surface area (Å²) in [7, 11) is -1.92. The molecule has 0 amide bonds. The summed E-state index contributed by atoms with van der Waals surface area (Å²) < 4.78 is 5.23. The summed E-state index contributed by atoms with van der Waals surface area (Å²) in [6.45, 7) is 0. The molecule has 1 heterocycles. The summed E-state index contributed by atoms with van der Waals surface area (Å²) in [5, 5.41) is 1.88. The van der Waals surface area contributed by atoms with Gasteiger partial charge in [0.2, 0.25) is 0 Å². The van der Waals surface area contributed by atoms with Crippen LogP contribution in [0.15, 0.2) is 48.5 Å². The van der Waals surface area contributed by atoms with Gasteiger partial charge in [0.25, 0.3) is 0 Å². The molecule has 0 saturated carbocycles. The predicted octanol–water partition coefficient (Wildman–Crippen LogP) is 2.94. The minimum Gasteiger partial charge on any atom is -0.435 e. The van der Waals surface area contributed by atoms with Crippen LogP contribution in [0.4, 0.5) is 0 Å². The fourth-order valence-corrected chi connectivity index (χ4v) is 2.31. The van der Waals surface area contributed by atoms with Crippen molar-refractivity contribution in [3.63, 3.8) is 0 Å². The van der Waals surface area contributed by atoms with Gasteiger partial charge in [0.05, 0.1) is 11.0 Å². The lowest BCUT2D eigenvalue weighted by molar-refractivity contribution is 0.491. The molecule has 0 radical (unpaired) electrons. The van der Waals surface area contributed by atoms with E-state index in [1.165, 1.54) is 0 Å². The van der Waals surface area contributed by atoms with Crippen molar-refractivity contribution in [2.75, 3.05) is 0 Å². The maximum absolute atomic E-state index is 9.18. The van der Waals surface area contributed by atoms with Gasteiger partial charge in [-0.2, -0.15) is 0 Å². The Morgan fingerprint density at radius 2 is 1.83 bits per heavy atom. The third-order valence-electron chi connectivity index (χ3n) is 2.71. The zero-order valence-electron chi connectivity index (χ0n) is 9.45. The van der Waals surface area contributed by atoms with Crippen molar-refractivity contribution in [2.24, 2.45) is 5.50 Å². The van der Waals surface area contributed by atoms with E-state index < -0.39 is 8.53 Å². The number of nitrogens with two attached hydrogens (primary N) is 1. The molecule has 18 heavy (non-hydrogen) atoms. The average Bonchev–Trinajstić information content (AvgIpc) is 2.36. The molecule has 1 atom stereocenters. The first-order valence-electron chi connectivity index (χ1n) is 5.44. The second kappa shape index (κ2) is 4.50. The Morgan fingerprint density at radius 1 is 1.06 bits per heavy atom. The Morgan fingerprint density at radius 3 is 2.67 bits per heavy atom. The molecule has 2 aromatic carbocycles. The highest BCUT2D eigenvalue weighted by Crippen LogP contribution is 2.33. The Labute approximate surface area is 105 Å². The molecule has 3 rings (SSSR count). The molecule has 4 nitrogen and oxygen atoms in total. The van der Waals surface area contributed by atoms with E-state index in [2.05, 4.69) is 4.98 Å². The Bertz CT molecular complexity index is 716. The van der Waals surface area contributed by atoms with Crippen LogP contribution in [0.1, 0.15) is 0 Å². The van der Waals surface area contributed by atoms with Gasteiger partial charge in [-0.15, -0.1) is 0 Å². The Kier molecular flexibility index (Phi) is 2.84. The SMILES string of the molecule is NP(O)Oc1cccc2nc3ccccc3cc12. The van der Waals surface area contributed by atoms with E-state index in [1.807, 2.05) is 42.5 Å². The smallest absolute Gasteiger partial charge is 0.312 e. The molecule has 1 aromatic heterocycles. The van der Waals surface area contributed by atoms with Gasteiger partial charge < -0.3 is 9.42 Å². The van der Waals surface area contributed by atoms with Gasteiger partial charge in [-0.3, -0.25) is 5.50 Å². The van der Waals surface area contributed by atoms with Gasteiger partial charge in [-0.25, -0.2) is 4.98 Å². The minimum absolute atomic E-state index is 0.557. The van der Waals surface area contributed by atoms with Gasteiger partial charge in [0.15, 0.2) is 0 Å². The summed E-state index contributed by atoms with van der Waals surface area (Å²) in [6.07, 6.45) is 0. The van der Waals surface area contributed by atoms with E-state index in [0.717, 1.165) is 21.8 Å². The van der Waals surface area contributed by atoms with Crippen molar-refractivity contribution in [1.29, 1.82) is 0 Å². The summed E-state index contributed by atoms with van der Waals surface area (Å²) in [5.74, 6) is 0.557. The normalized spacial score (nSPS) is 12.8. The fourth-order valence-electron chi connectivity index (χ4n) is 1.95. The van der Waals surface area contributed by atoms with E-state index >= 15 is 0 Å². The van der Waals surface area contributed by atoms with Crippen LogP contribution in [0, 0.1) is 0 Å². The highest BCUT2D eigenvalue weighted by molar-refractivity contribution is 7.43. The molecule has 0 fully saturated rings. The first kappa shape index (κ1) is 11.4. The van der Waals surface area contributed by atoms with Crippen molar-refractivity contribution in [3.05, 3.63) is 48.5 Å². The number of aromatic nitrogens is 1. The largest absolute Gasteiger partial charge is 0.435 e. The highest BCUT2D eigenvalue weighted by atomic mass is 31.2. The lowest BCUT2D eigenvalue weighted by atomic mass is 10.1. The monoisotopic (exact) mass is 258 g/mol. The lowest BCUT2D eigenvalue weighted by Gasteiger charge is -2.10. The van der Waals surface area contributed by atoms with E-state index in [0.29, 0.717) is 5.75 Å². The predicted molar refractivity (Wildman–Crippen MR) is 73.2 cm³/mol. The van der Waals surface area contributed by atoms with Crippen LogP contribution in [0.2, 0.25) is 0 Å². The summed E-state index contributed by atoms with van der Waals surface area (Å²) >= 11 is 0. The number of pyridine rings is 1. The van der Waals surface area contributed by atoms with Gasteiger partial charge in [0.1, 0.15) is 5.75 Å². The van der Waals surface area contributed by atoms with Crippen LogP contribution >= 0.6 is 8.53 Å². The zero-order chi connectivity index (χ0) is 12.5. The molecule has 0 bridgehead atoms. The van der Waals surface area contributed by atoms with Crippen molar-refractivity contribution in [2.45, 2.75) is 0 Å². The molecule has 0 spiro atoms. The number of hydrogen-bond acceptors (Lipinski definition) is 4. The van der Waals surface area contributed by atoms with Crippen molar-refractivity contribution >= 4 is 30.3 Å². The first-order valence-corrected chi connectivity index (χ1v) is 6.72. The molecular weight excluding hydrogens is 247 g/mol. The Balaban J connectivity index is 2.29. The molecule has 0 aliphatic carbocycles. The van der Waals surface area contributed by atoms with Crippen LogP contribution in [-0.2, 0) is 0 Å². The lowest BCUT2D eigenvalue weighted by Crippen LogP contribution is -1.95. The topological polar surface area (TPSA) is 68.4 Å². The Hall–Kier alpha value is -1.74. The van der Waals surface area contributed by atoms with Gasteiger partial charge in [0, 0.05) is 10.8 Å². The average molecular weight is 258 g/mol. The van der Waals surface area contributed by atoms with Crippen LogP contribution in [0.25, 0.3) is 21.8 Å². The van der Waals surface area contributed by atoms with Gasteiger partial charge in [-0.1, -0.05) is 24.3 Å². The molecule has 3 aromatic rings. The molecule has 0 saturated heterocycles. The third kappa shape index (κ3) is 2.02. The van der Waals surface area contributed by atoms with Crippen LogP contribution in [0.5, 0.6) is 5.75 Å².